The van der Waals surface area contributed by atoms with Gasteiger partial charge in [0.2, 0.25) is 0 Å². The van der Waals surface area contributed by atoms with Crippen molar-refractivity contribution in [2.24, 2.45) is 11.8 Å². The van der Waals surface area contributed by atoms with Crippen LogP contribution in [0.2, 0.25) is 0 Å². The van der Waals surface area contributed by atoms with Gasteiger partial charge in [-0.3, -0.25) is 0 Å². The first-order chi connectivity index (χ1) is 8.17. The van der Waals surface area contributed by atoms with E-state index in [2.05, 4.69) is 32.3 Å². The Bertz CT molecular complexity index is 193. The molecule has 102 valence electrons. The lowest BCUT2D eigenvalue weighted by Crippen LogP contribution is -2.39. The van der Waals surface area contributed by atoms with E-state index in [1.54, 1.807) is 0 Å². The van der Waals surface area contributed by atoms with Crippen molar-refractivity contribution in [1.82, 2.24) is 5.32 Å². The highest BCUT2D eigenvalue weighted by atomic mass is 32.2. The van der Waals surface area contributed by atoms with Gasteiger partial charge in [0.1, 0.15) is 0 Å². The van der Waals surface area contributed by atoms with Crippen molar-refractivity contribution >= 4 is 11.8 Å². The predicted molar refractivity (Wildman–Crippen MR) is 80.8 cm³/mol. The van der Waals surface area contributed by atoms with E-state index in [0.717, 1.165) is 23.9 Å². The number of hydrogen-bond acceptors (Lipinski definition) is 2. The second kappa shape index (κ2) is 8.42. The summed E-state index contributed by atoms with van der Waals surface area (Å²) in [5, 5.41) is 3.89. The fourth-order valence-corrected chi connectivity index (χ4v) is 3.72. The lowest BCUT2D eigenvalue weighted by atomic mass is 9.89. The molecule has 0 spiro atoms. The van der Waals surface area contributed by atoms with Crippen molar-refractivity contribution in [1.29, 1.82) is 0 Å². The predicted octanol–water partition coefficient (Wildman–Crippen LogP) is 4.32. The van der Waals surface area contributed by atoms with E-state index in [9.17, 15) is 0 Å². The second-order valence-corrected chi connectivity index (χ2v) is 6.85. The summed E-state index contributed by atoms with van der Waals surface area (Å²) in [5.74, 6) is 3.12. The van der Waals surface area contributed by atoms with Gasteiger partial charge in [0.05, 0.1) is 0 Å². The molecular weight excluding hydrogens is 226 g/mol. The molecule has 1 N–H and O–H groups in total. The van der Waals surface area contributed by atoms with Crippen LogP contribution in [0.25, 0.3) is 0 Å². The van der Waals surface area contributed by atoms with Crippen LogP contribution in [0.3, 0.4) is 0 Å². The number of nitrogens with one attached hydrogen (secondary N) is 1. The lowest BCUT2D eigenvalue weighted by Gasteiger charge is -2.24. The molecule has 1 nitrogen and oxygen atoms in total. The molecule has 1 fully saturated rings. The van der Waals surface area contributed by atoms with Crippen LogP contribution in [0.1, 0.15) is 59.3 Å². The molecule has 0 bridgehead atoms. The molecule has 1 rings (SSSR count). The first kappa shape index (κ1) is 15.4. The summed E-state index contributed by atoms with van der Waals surface area (Å²) in [7, 11) is 0. The summed E-state index contributed by atoms with van der Waals surface area (Å²) in [6.07, 6.45) is 10.6. The zero-order valence-electron chi connectivity index (χ0n) is 12.2. The molecule has 2 heteroatoms. The first-order valence-corrected chi connectivity index (χ1v) is 8.81. The third kappa shape index (κ3) is 5.65. The standard InChI is InChI=1S/C15H31NS/c1-5-14(11-17-4)16-15-8-6-7-13(9-10-15)12(2)3/h12-16H,5-11H2,1-4H3. The van der Waals surface area contributed by atoms with E-state index in [-0.39, 0.29) is 0 Å². The monoisotopic (exact) mass is 257 g/mol. The Morgan fingerprint density at radius 2 is 1.94 bits per heavy atom. The molecule has 0 heterocycles. The summed E-state index contributed by atoms with van der Waals surface area (Å²) in [4.78, 5) is 0. The van der Waals surface area contributed by atoms with E-state index < -0.39 is 0 Å². The molecule has 0 aromatic heterocycles. The molecule has 3 unspecified atom stereocenters. The average molecular weight is 257 g/mol. The van der Waals surface area contributed by atoms with E-state index in [4.69, 9.17) is 0 Å². The minimum Gasteiger partial charge on any atom is -0.310 e. The molecule has 1 aliphatic carbocycles. The van der Waals surface area contributed by atoms with E-state index in [0.29, 0.717) is 0 Å². The summed E-state index contributed by atoms with van der Waals surface area (Å²) in [6, 6.07) is 1.52. The Balaban J connectivity index is 2.35. The molecule has 3 atom stereocenters. The maximum Gasteiger partial charge on any atom is 0.0158 e. The van der Waals surface area contributed by atoms with Gasteiger partial charge in [-0.15, -0.1) is 0 Å². The minimum absolute atomic E-state index is 0.727. The summed E-state index contributed by atoms with van der Waals surface area (Å²) >= 11 is 1.97. The van der Waals surface area contributed by atoms with Gasteiger partial charge in [-0.2, -0.15) is 11.8 Å². The summed E-state index contributed by atoms with van der Waals surface area (Å²) in [5.41, 5.74) is 0. The number of hydrogen-bond donors (Lipinski definition) is 1. The minimum atomic E-state index is 0.727. The van der Waals surface area contributed by atoms with Crippen molar-refractivity contribution in [2.75, 3.05) is 12.0 Å². The lowest BCUT2D eigenvalue weighted by molar-refractivity contribution is 0.334. The quantitative estimate of drug-likeness (QED) is 0.711. The van der Waals surface area contributed by atoms with Gasteiger partial charge in [0.25, 0.3) is 0 Å². The molecular formula is C15H31NS. The van der Waals surface area contributed by atoms with Crippen molar-refractivity contribution in [3.8, 4) is 0 Å². The van der Waals surface area contributed by atoms with Gasteiger partial charge in [0, 0.05) is 17.8 Å². The van der Waals surface area contributed by atoms with Crippen LogP contribution in [-0.2, 0) is 0 Å². The van der Waals surface area contributed by atoms with Crippen LogP contribution in [0.15, 0.2) is 0 Å². The SMILES string of the molecule is CCC(CSC)NC1CCCC(C(C)C)CC1. The van der Waals surface area contributed by atoms with Gasteiger partial charge in [-0.25, -0.2) is 0 Å². The van der Waals surface area contributed by atoms with Gasteiger partial charge in [-0.05, 0) is 43.8 Å². The molecule has 0 amide bonds. The van der Waals surface area contributed by atoms with Crippen LogP contribution in [0.4, 0.5) is 0 Å². The normalized spacial score (nSPS) is 28.1. The van der Waals surface area contributed by atoms with E-state index >= 15 is 0 Å². The molecule has 0 aliphatic heterocycles. The van der Waals surface area contributed by atoms with E-state index in [1.165, 1.54) is 44.3 Å². The van der Waals surface area contributed by atoms with Crippen LogP contribution in [0, 0.1) is 11.8 Å². The molecule has 0 radical (unpaired) electrons. The van der Waals surface area contributed by atoms with Crippen LogP contribution < -0.4 is 5.32 Å². The Kier molecular flexibility index (Phi) is 7.61. The molecule has 17 heavy (non-hydrogen) atoms. The van der Waals surface area contributed by atoms with Gasteiger partial charge < -0.3 is 5.32 Å². The van der Waals surface area contributed by atoms with Gasteiger partial charge in [0.15, 0.2) is 0 Å². The number of rotatable bonds is 6. The second-order valence-electron chi connectivity index (χ2n) is 5.94. The highest BCUT2D eigenvalue weighted by Crippen LogP contribution is 2.29. The summed E-state index contributed by atoms with van der Waals surface area (Å²) < 4.78 is 0. The first-order valence-electron chi connectivity index (χ1n) is 7.42. The van der Waals surface area contributed by atoms with Crippen molar-refractivity contribution in [3.63, 3.8) is 0 Å². The summed E-state index contributed by atoms with van der Waals surface area (Å²) in [6.45, 7) is 7.09. The largest absolute Gasteiger partial charge is 0.310 e. The van der Waals surface area contributed by atoms with Crippen LogP contribution in [0.5, 0.6) is 0 Å². The smallest absolute Gasteiger partial charge is 0.0158 e. The van der Waals surface area contributed by atoms with E-state index in [1.807, 2.05) is 11.8 Å². The average Bonchev–Trinajstić information content (AvgIpc) is 2.54. The maximum atomic E-state index is 3.89. The highest BCUT2D eigenvalue weighted by molar-refractivity contribution is 7.98. The highest BCUT2D eigenvalue weighted by Gasteiger charge is 2.22. The molecule has 0 aromatic carbocycles. The zero-order chi connectivity index (χ0) is 12.7. The molecule has 0 aromatic rings. The number of thioether (sulfide) groups is 1. The third-order valence-corrected chi connectivity index (χ3v) is 5.02. The van der Waals surface area contributed by atoms with Crippen LogP contribution >= 0.6 is 11.8 Å². The molecule has 1 saturated carbocycles. The van der Waals surface area contributed by atoms with Crippen LogP contribution in [-0.4, -0.2) is 24.1 Å². The van der Waals surface area contributed by atoms with Crippen molar-refractivity contribution < 1.29 is 0 Å². The van der Waals surface area contributed by atoms with Gasteiger partial charge >= 0.3 is 0 Å². The van der Waals surface area contributed by atoms with Gasteiger partial charge in [-0.1, -0.05) is 33.6 Å². The Hall–Kier alpha value is 0.310. The topological polar surface area (TPSA) is 12.0 Å². The zero-order valence-corrected chi connectivity index (χ0v) is 13.0. The maximum absolute atomic E-state index is 3.89. The Morgan fingerprint density at radius 3 is 2.53 bits per heavy atom. The Labute approximate surface area is 113 Å². The Morgan fingerprint density at radius 1 is 1.18 bits per heavy atom. The van der Waals surface area contributed by atoms with Crippen molar-refractivity contribution in [2.45, 2.75) is 71.4 Å². The molecule has 1 aliphatic rings. The third-order valence-electron chi connectivity index (χ3n) is 4.29. The fraction of sp³-hybridized carbons (Fsp3) is 1.00. The van der Waals surface area contributed by atoms with Crippen molar-refractivity contribution in [3.05, 3.63) is 0 Å². The molecule has 0 saturated heterocycles. The fourth-order valence-electron chi connectivity index (χ4n) is 2.98.